The first kappa shape index (κ1) is 21.6. The fraction of sp³-hybridized carbons (Fsp3) is 0.167. The molecule has 0 saturated heterocycles. The quantitative estimate of drug-likeness (QED) is 0.352. The first-order valence-electron chi connectivity index (χ1n) is 9.60. The lowest BCUT2D eigenvalue weighted by Gasteiger charge is -2.14. The van der Waals surface area contributed by atoms with E-state index in [0.717, 1.165) is 21.2 Å². The minimum atomic E-state index is -0.253. The number of hydrogen-bond acceptors (Lipinski definition) is 4. The molecule has 0 aliphatic heterocycles. The summed E-state index contributed by atoms with van der Waals surface area (Å²) >= 11 is 3.55. The van der Waals surface area contributed by atoms with Gasteiger partial charge in [0.2, 0.25) is 0 Å². The van der Waals surface area contributed by atoms with Gasteiger partial charge in [-0.05, 0) is 64.7 Å². The van der Waals surface area contributed by atoms with Crippen molar-refractivity contribution in [2.45, 2.75) is 20.5 Å². The van der Waals surface area contributed by atoms with Gasteiger partial charge in [0, 0.05) is 5.56 Å². The van der Waals surface area contributed by atoms with Crippen LogP contribution in [-0.2, 0) is 6.61 Å². The SMILES string of the molecule is CCOc1cc(/C=N/NC(=O)c2ccccc2C)cc(Br)c1OCc1ccccc1. The second kappa shape index (κ2) is 10.6. The third-order valence-electron chi connectivity index (χ3n) is 4.33. The van der Waals surface area contributed by atoms with Crippen molar-refractivity contribution in [2.75, 3.05) is 6.61 Å². The molecule has 0 fully saturated rings. The Kier molecular flexibility index (Phi) is 7.63. The molecule has 0 heterocycles. The fourth-order valence-electron chi connectivity index (χ4n) is 2.85. The molecule has 3 aromatic rings. The number of hydrogen-bond donors (Lipinski definition) is 1. The van der Waals surface area contributed by atoms with Crippen LogP contribution in [-0.4, -0.2) is 18.7 Å². The van der Waals surface area contributed by atoms with Crippen molar-refractivity contribution in [3.05, 3.63) is 93.5 Å². The minimum absolute atomic E-state index is 0.253. The topological polar surface area (TPSA) is 59.9 Å². The van der Waals surface area contributed by atoms with Gasteiger partial charge in [0.25, 0.3) is 5.91 Å². The number of ether oxygens (including phenoxy) is 2. The summed E-state index contributed by atoms with van der Waals surface area (Å²) in [5.41, 5.74) is 5.88. The summed E-state index contributed by atoms with van der Waals surface area (Å²) in [5, 5.41) is 4.08. The fourth-order valence-corrected chi connectivity index (χ4v) is 3.42. The number of carbonyl (C=O) groups excluding carboxylic acids is 1. The highest BCUT2D eigenvalue weighted by Gasteiger charge is 2.12. The molecule has 0 aliphatic rings. The lowest BCUT2D eigenvalue weighted by Crippen LogP contribution is -2.18. The standard InChI is InChI=1S/C24H23BrN2O3/c1-3-29-22-14-19(15-26-27-24(28)20-12-8-7-9-17(20)2)13-21(25)23(22)30-16-18-10-5-4-6-11-18/h4-15H,3,16H2,1-2H3,(H,27,28)/b26-15+. The van der Waals surface area contributed by atoms with Crippen LogP contribution >= 0.6 is 15.9 Å². The molecule has 0 spiro atoms. The molecule has 5 nitrogen and oxygen atoms in total. The first-order chi connectivity index (χ1) is 14.6. The van der Waals surface area contributed by atoms with E-state index in [1.165, 1.54) is 0 Å². The summed E-state index contributed by atoms with van der Waals surface area (Å²) in [7, 11) is 0. The molecular weight excluding hydrogens is 444 g/mol. The van der Waals surface area contributed by atoms with Crippen molar-refractivity contribution >= 4 is 28.1 Å². The Morgan fingerprint density at radius 2 is 1.80 bits per heavy atom. The molecule has 6 heteroatoms. The van der Waals surface area contributed by atoms with Gasteiger partial charge in [0.1, 0.15) is 6.61 Å². The van der Waals surface area contributed by atoms with Crippen LogP contribution in [0.3, 0.4) is 0 Å². The summed E-state index contributed by atoms with van der Waals surface area (Å²) in [6, 6.07) is 21.0. The van der Waals surface area contributed by atoms with E-state index < -0.39 is 0 Å². The molecule has 154 valence electrons. The van der Waals surface area contributed by atoms with Crippen LogP contribution in [0.15, 0.2) is 76.3 Å². The Balaban J connectivity index is 1.73. The van der Waals surface area contributed by atoms with E-state index in [2.05, 4.69) is 26.5 Å². The van der Waals surface area contributed by atoms with Crippen molar-refractivity contribution < 1.29 is 14.3 Å². The lowest BCUT2D eigenvalue weighted by atomic mass is 10.1. The maximum absolute atomic E-state index is 12.3. The maximum atomic E-state index is 12.3. The van der Waals surface area contributed by atoms with Gasteiger partial charge in [-0.1, -0.05) is 48.5 Å². The number of benzene rings is 3. The van der Waals surface area contributed by atoms with Gasteiger partial charge in [-0.15, -0.1) is 0 Å². The van der Waals surface area contributed by atoms with E-state index in [4.69, 9.17) is 9.47 Å². The van der Waals surface area contributed by atoms with Crippen molar-refractivity contribution in [1.82, 2.24) is 5.43 Å². The molecule has 0 bridgehead atoms. The largest absolute Gasteiger partial charge is 0.490 e. The lowest BCUT2D eigenvalue weighted by molar-refractivity contribution is 0.0954. The van der Waals surface area contributed by atoms with Crippen molar-refractivity contribution in [1.29, 1.82) is 0 Å². The van der Waals surface area contributed by atoms with Gasteiger partial charge < -0.3 is 9.47 Å². The minimum Gasteiger partial charge on any atom is -0.490 e. The van der Waals surface area contributed by atoms with Crippen LogP contribution < -0.4 is 14.9 Å². The van der Waals surface area contributed by atoms with Crippen LogP contribution in [0, 0.1) is 6.92 Å². The van der Waals surface area contributed by atoms with Gasteiger partial charge in [0.15, 0.2) is 11.5 Å². The Bertz CT molecular complexity index is 1040. The van der Waals surface area contributed by atoms with Crippen LogP contribution in [0.4, 0.5) is 0 Å². The smallest absolute Gasteiger partial charge is 0.271 e. The zero-order valence-electron chi connectivity index (χ0n) is 16.9. The molecule has 0 saturated carbocycles. The number of nitrogens with zero attached hydrogens (tertiary/aromatic N) is 1. The van der Waals surface area contributed by atoms with E-state index in [-0.39, 0.29) is 5.91 Å². The van der Waals surface area contributed by atoms with Crippen LogP contribution in [0.2, 0.25) is 0 Å². The number of amides is 1. The molecule has 3 rings (SSSR count). The summed E-state index contributed by atoms with van der Waals surface area (Å²) in [4.78, 5) is 12.3. The van der Waals surface area contributed by atoms with E-state index in [0.29, 0.717) is 30.3 Å². The Labute approximate surface area is 184 Å². The van der Waals surface area contributed by atoms with Crippen LogP contribution in [0.5, 0.6) is 11.5 Å². The number of nitrogens with one attached hydrogen (secondary N) is 1. The van der Waals surface area contributed by atoms with Gasteiger partial charge in [-0.2, -0.15) is 5.10 Å². The summed E-state index contributed by atoms with van der Waals surface area (Å²) in [6.07, 6.45) is 1.57. The highest BCUT2D eigenvalue weighted by Crippen LogP contribution is 2.37. The zero-order chi connectivity index (χ0) is 21.3. The first-order valence-corrected chi connectivity index (χ1v) is 10.4. The predicted octanol–water partition coefficient (Wildman–Crippen LogP) is 5.50. The summed E-state index contributed by atoms with van der Waals surface area (Å²) in [5.74, 6) is 0.979. The van der Waals surface area contributed by atoms with Crippen molar-refractivity contribution in [3.8, 4) is 11.5 Å². The molecule has 1 amide bonds. The molecule has 30 heavy (non-hydrogen) atoms. The summed E-state index contributed by atoms with van der Waals surface area (Å²) < 4.78 is 12.5. The highest BCUT2D eigenvalue weighted by atomic mass is 79.9. The third kappa shape index (κ3) is 5.70. The van der Waals surface area contributed by atoms with E-state index in [1.54, 1.807) is 12.3 Å². The van der Waals surface area contributed by atoms with Crippen LogP contribution in [0.25, 0.3) is 0 Å². The van der Waals surface area contributed by atoms with Crippen LogP contribution in [0.1, 0.15) is 34.0 Å². The molecule has 0 aromatic heterocycles. The Hall–Kier alpha value is -3.12. The number of aryl methyl sites for hydroxylation is 1. The molecule has 1 N–H and O–H groups in total. The zero-order valence-corrected chi connectivity index (χ0v) is 18.5. The van der Waals surface area contributed by atoms with Gasteiger partial charge in [-0.25, -0.2) is 5.43 Å². The second-order valence-electron chi connectivity index (χ2n) is 6.55. The van der Waals surface area contributed by atoms with Crippen molar-refractivity contribution in [2.24, 2.45) is 5.10 Å². The van der Waals surface area contributed by atoms with E-state index in [9.17, 15) is 4.79 Å². The van der Waals surface area contributed by atoms with E-state index >= 15 is 0 Å². The summed E-state index contributed by atoms with van der Waals surface area (Å²) in [6.45, 7) is 4.73. The molecular formula is C24H23BrN2O3. The molecule has 0 atom stereocenters. The van der Waals surface area contributed by atoms with Gasteiger partial charge in [0.05, 0.1) is 17.3 Å². The average Bonchev–Trinajstić information content (AvgIpc) is 2.74. The third-order valence-corrected chi connectivity index (χ3v) is 4.92. The molecule has 0 unspecified atom stereocenters. The second-order valence-corrected chi connectivity index (χ2v) is 7.41. The Morgan fingerprint density at radius 1 is 1.07 bits per heavy atom. The number of rotatable bonds is 8. The average molecular weight is 467 g/mol. The van der Waals surface area contributed by atoms with Crippen molar-refractivity contribution in [3.63, 3.8) is 0 Å². The number of halogens is 1. The predicted molar refractivity (Wildman–Crippen MR) is 122 cm³/mol. The maximum Gasteiger partial charge on any atom is 0.271 e. The van der Waals surface area contributed by atoms with E-state index in [1.807, 2.05) is 74.5 Å². The monoisotopic (exact) mass is 466 g/mol. The molecule has 3 aromatic carbocycles. The molecule has 0 radical (unpaired) electrons. The Morgan fingerprint density at radius 3 is 2.53 bits per heavy atom. The van der Waals surface area contributed by atoms with Gasteiger partial charge in [-0.3, -0.25) is 4.79 Å². The highest BCUT2D eigenvalue weighted by molar-refractivity contribution is 9.10. The number of carbonyl (C=O) groups is 1. The normalized spacial score (nSPS) is 10.8. The number of hydrazone groups is 1. The molecule has 0 aliphatic carbocycles. The van der Waals surface area contributed by atoms with Gasteiger partial charge >= 0.3 is 0 Å².